The lowest BCUT2D eigenvalue weighted by molar-refractivity contribution is -0.121. The molecule has 0 bridgehead atoms. The summed E-state index contributed by atoms with van der Waals surface area (Å²) < 4.78 is 5.22. The van der Waals surface area contributed by atoms with Gasteiger partial charge in [-0.15, -0.1) is 0 Å². The van der Waals surface area contributed by atoms with Gasteiger partial charge < -0.3 is 14.6 Å². The first-order valence-corrected chi connectivity index (χ1v) is 10.5. The SMILES string of the molecule is O=C(Nc1ccccc1Sc1ccccc1)[C@@H]1CCCN(C(=O)c2ccco2)C1. The van der Waals surface area contributed by atoms with E-state index in [9.17, 15) is 9.59 Å². The molecule has 6 heteroatoms. The molecule has 2 amide bonds. The Morgan fingerprint density at radius 2 is 1.79 bits per heavy atom. The van der Waals surface area contributed by atoms with Gasteiger partial charge in [0.05, 0.1) is 17.9 Å². The Morgan fingerprint density at radius 1 is 1.00 bits per heavy atom. The summed E-state index contributed by atoms with van der Waals surface area (Å²) in [6.45, 7) is 1.04. The smallest absolute Gasteiger partial charge is 0.289 e. The van der Waals surface area contributed by atoms with Crippen molar-refractivity contribution in [1.82, 2.24) is 4.90 Å². The lowest BCUT2D eigenvalue weighted by Crippen LogP contribution is -2.43. The largest absolute Gasteiger partial charge is 0.459 e. The van der Waals surface area contributed by atoms with Crippen molar-refractivity contribution in [3.63, 3.8) is 0 Å². The van der Waals surface area contributed by atoms with Gasteiger partial charge >= 0.3 is 0 Å². The van der Waals surface area contributed by atoms with Gasteiger partial charge in [-0.05, 0) is 49.2 Å². The molecule has 0 aliphatic carbocycles. The first kappa shape index (κ1) is 19.3. The third-order valence-electron chi connectivity index (χ3n) is 4.93. The van der Waals surface area contributed by atoms with Gasteiger partial charge in [0, 0.05) is 22.9 Å². The normalized spacial score (nSPS) is 16.4. The van der Waals surface area contributed by atoms with Crippen LogP contribution in [-0.4, -0.2) is 29.8 Å². The predicted molar refractivity (Wildman–Crippen MR) is 113 cm³/mol. The lowest BCUT2D eigenvalue weighted by Gasteiger charge is -2.31. The van der Waals surface area contributed by atoms with Crippen molar-refractivity contribution >= 4 is 29.3 Å². The first-order valence-electron chi connectivity index (χ1n) is 9.66. The third kappa shape index (κ3) is 4.71. The fourth-order valence-corrected chi connectivity index (χ4v) is 4.36. The van der Waals surface area contributed by atoms with E-state index in [0.717, 1.165) is 28.3 Å². The Morgan fingerprint density at radius 3 is 2.59 bits per heavy atom. The van der Waals surface area contributed by atoms with E-state index < -0.39 is 0 Å². The average molecular weight is 407 g/mol. The van der Waals surface area contributed by atoms with Gasteiger partial charge in [0.1, 0.15) is 0 Å². The van der Waals surface area contributed by atoms with Crippen molar-refractivity contribution in [3.8, 4) is 0 Å². The Hall–Kier alpha value is -2.99. The predicted octanol–water partition coefficient (Wildman–Crippen LogP) is 4.92. The highest BCUT2D eigenvalue weighted by atomic mass is 32.2. The standard InChI is InChI=1S/C23H22N2O3S/c26-22(17-8-6-14-25(16-17)23(27)20-12-7-15-28-20)24-19-11-4-5-13-21(19)29-18-9-2-1-3-10-18/h1-5,7,9-13,15,17H,6,8,14,16H2,(H,24,26)/t17-/m1/s1. The highest BCUT2D eigenvalue weighted by Crippen LogP contribution is 2.33. The van der Waals surface area contributed by atoms with Gasteiger partial charge in [-0.1, -0.05) is 42.1 Å². The molecule has 1 aliphatic heterocycles. The summed E-state index contributed by atoms with van der Waals surface area (Å²) in [7, 11) is 0. The second kappa shape index (κ2) is 9.01. The first-order chi connectivity index (χ1) is 14.2. The van der Waals surface area contributed by atoms with Crippen LogP contribution >= 0.6 is 11.8 Å². The summed E-state index contributed by atoms with van der Waals surface area (Å²) in [5, 5.41) is 3.07. The quantitative estimate of drug-likeness (QED) is 0.653. The molecule has 0 spiro atoms. The van der Waals surface area contributed by atoms with Crippen LogP contribution in [0, 0.1) is 5.92 Å². The third-order valence-corrected chi connectivity index (χ3v) is 6.01. The zero-order valence-electron chi connectivity index (χ0n) is 15.9. The minimum Gasteiger partial charge on any atom is -0.459 e. The maximum Gasteiger partial charge on any atom is 0.289 e. The molecule has 5 nitrogen and oxygen atoms in total. The van der Waals surface area contributed by atoms with Crippen LogP contribution in [0.5, 0.6) is 0 Å². The van der Waals surface area contributed by atoms with Crippen molar-refractivity contribution in [2.45, 2.75) is 22.6 Å². The molecule has 2 aromatic carbocycles. The minimum atomic E-state index is -0.238. The number of amides is 2. The molecule has 0 saturated carbocycles. The van der Waals surface area contributed by atoms with Crippen LogP contribution in [0.4, 0.5) is 5.69 Å². The number of nitrogens with zero attached hydrogens (tertiary/aromatic N) is 1. The molecule has 1 aromatic heterocycles. The fourth-order valence-electron chi connectivity index (χ4n) is 3.44. The molecule has 0 radical (unpaired) electrons. The molecule has 29 heavy (non-hydrogen) atoms. The molecule has 0 unspecified atom stereocenters. The van der Waals surface area contributed by atoms with Crippen LogP contribution in [-0.2, 0) is 4.79 Å². The van der Waals surface area contributed by atoms with E-state index in [1.54, 1.807) is 28.8 Å². The van der Waals surface area contributed by atoms with Crippen molar-refractivity contribution in [1.29, 1.82) is 0 Å². The van der Waals surface area contributed by atoms with E-state index in [2.05, 4.69) is 5.32 Å². The molecule has 1 atom stereocenters. The van der Waals surface area contributed by atoms with Gasteiger partial charge in [-0.25, -0.2) is 0 Å². The van der Waals surface area contributed by atoms with Crippen LogP contribution in [0.25, 0.3) is 0 Å². The summed E-state index contributed by atoms with van der Waals surface area (Å²) in [5.74, 6) is -0.135. The summed E-state index contributed by atoms with van der Waals surface area (Å²) in [6, 6.07) is 21.2. The summed E-state index contributed by atoms with van der Waals surface area (Å²) in [5.41, 5.74) is 0.792. The van der Waals surface area contributed by atoms with Crippen LogP contribution < -0.4 is 5.32 Å². The number of benzene rings is 2. The maximum absolute atomic E-state index is 12.9. The summed E-state index contributed by atoms with van der Waals surface area (Å²) >= 11 is 1.61. The van der Waals surface area contributed by atoms with Crippen LogP contribution in [0.3, 0.4) is 0 Å². The summed E-state index contributed by atoms with van der Waals surface area (Å²) in [4.78, 5) is 29.3. The number of likely N-dealkylation sites (tertiary alicyclic amines) is 1. The van der Waals surface area contributed by atoms with E-state index >= 15 is 0 Å². The van der Waals surface area contributed by atoms with E-state index in [-0.39, 0.29) is 17.7 Å². The lowest BCUT2D eigenvalue weighted by atomic mass is 9.96. The average Bonchev–Trinajstić information content (AvgIpc) is 3.30. The number of furan rings is 1. The van der Waals surface area contributed by atoms with E-state index in [4.69, 9.17) is 4.42 Å². The summed E-state index contributed by atoms with van der Waals surface area (Å²) in [6.07, 6.45) is 3.05. The number of rotatable bonds is 5. The molecule has 148 valence electrons. The molecule has 2 heterocycles. The van der Waals surface area contributed by atoms with Crippen LogP contribution in [0.2, 0.25) is 0 Å². The van der Waals surface area contributed by atoms with Crippen LogP contribution in [0.15, 0.2) is 87.2 Å². The Bertz CT molecular complexity index is 973. The minimum absolute atomic E-state index is 0.0527. The highest BCUT2D eigenvalue weighted by molar-refractivity contribution is 7.99. The molecule has 1 fully saturated rings. The Labute approximate surface area is 174 Å². The fraction of sp³-hybridized carbons (Fsp3) is 0.217. The van der Waals surface area contributed by atoms with Crippen molar-refractivity contribution < 1.29 is 14.0 Å². The zero-order chi connectivity index (χ0) is 20.1. The number of piperidine rings is 1. The number of hydrogen-bond acceptors (Lipinski definition) is 4. The Kier molecular flexibility index (Phi) is 6.00. The Balaban J connectivity index is 1.43. The van der Waals surface area contributed by atoms with Gasteiger partial charge in [-0.2, -0.15) is 0 Å². The van der Waals surface area contributed by atoms with Gasteiger partial charge in [0.15, 0.2) is 5.76 Å². The maximum atomic E-state index is 12.9. The molecule has 1 saturated heterocycles. The van der Waals surface area contributed by atoms with Gasteiger partial charge in [0.25, 0.3) is 5.91 Å². The van der Waals surface area contributed by atoms with Crippen molar-refractivity contribution in [2.24, 2.45) is 5.92 Å². The number of carbonyl (C=O) groups is 2. The number of para-hydroxylation sites is 1. The van der Waals surface area contributed by atoms with Crippen molar-refractivity contribution in [2.75, 3.05) is 18.4 Å². The molecule has 1 aliphatic rings. The van der Waals surface area contributed by atoms with E-state index in [1.165, 1.54) is 6.26 Å². The number of nitrogens with one attached hydrogen (secondary N) is 1. The monoisotopic (exact) mass is 406 g/mol. The second-order valence-corrected chi connectivity index (χ2v) is 8.08. The zero-order valence-corrected chi connectivity index (χ0v) is 16.7. The van der Waals surface area contributed by atoms with Crippen molar-refractivity contribution in [3.05, 3.63) is 78.8 Å². The highest BCUT2D eigenvalue weighted by Gasteiger charge is 2.30. The number of anilines is 1. The van der Waals surface area contributed by atoms with Gasteiger partial charge in [0.2, 0.25) is 5.91 Å². The van der Waals surface area contributed by atoms with E-state index in [1.807, 2.05) is 54.6 Å². The van der Waals surface area contributed by atoms with E-state index in [0.29, 0.717) is 18.8 Å². The van der Waals surface area contributed by atoms with Gasteiger partial charge in [-0.3, -0.25) is 9.59 Å². The number of carbonyl (C=O) groups excluding carboxylic acids is 2. The number of hydrogen-bond donors (Lipinski definition) is 1. The molecular formula is C23H22N2O3S. The molecule has 4 rings (SSSR count). The van der Waals surface area contributed by atoms with Crippen LogP contribution in [0.1, 0.15) is 23.4 Å². The second-order valence-electron chi connectivity index (χ2n) is 6.97. The molecular weight excluding hydrogens is 384 g/mol. The molecule has 1 N–H and O–H groups in total. The molecule has 3 aromatic rings. The topological polar surface area (TPSA) is 62.6 Å².